The van der Waals surface area contributed by atoms with E-state index in [1.165, 1.54) is 12.1 Å². The van der Waals surface area contributed by atoms with Gasteiger partial charge in [0.05, 0.1) is 24.3 Å². The molecule has 1 N–H and O–H groups in total. The molecule has 2 atom stereocenters. The van der Waals surface area contributed by atoms with Gasteiger partial charge in [-0.05, 0) is 56.4 Å². The lowest BCUT2D eigenvalue weighted by Crippen LogP contribution is -2.49. The fourth-order valence-corrected chi connectivity index (χ4v) is 8.47. The van der Waals surface area contributed by atoms with E-state index in [2.05, 4.69) is 19.3 Å². The number of morpholine rings is 1. The molecule has 290 valence electrons. The second kappa shape index (κ2) is 13.7. The maximum absolute atomic E-state index is 16.3. The number of anilines is 1. The third-order valence-electron chi connectivity index (χ3n) is 10.5. The lowest BCUT2D eigenvalue weighted by atomic mass is 9.74. The van der Waals surface area contributed by atoms with E-state index in [1.54, 1.807) is 24.3 Å². The lowest BCUT2D eigenvalue weighted by molar-refractivity contribution is -0.121. The number of hydrogen-bond acceptors (Lipinski definition) is 10. The Morgan fingerprint density at radius 2 is 1.76 bits per heavy atom. The summed E-state index contributed by atoms with van der Waals surface area (Å²) in [7, 11) is -6.49. The molecule has 1 fully saturated rings. The van der Waals surface area contributed by atoms with Gasteiger partial charge in [0.15, 0.2) is 17.2 Å². The summed E-state index contributed by atoms with van der Waals surface area (Å²) in [6, 6.07) is 10.0. The van der Waals surface area contributed by atoms with Crippen LogP contribution in [0.25, 0.3) is 0 Å². The number of rotatable bonds is 9. The molecule has 4 heterocycles. The summed E-state index contributed by atoms with van der Waals surface area (Å²) in [5.41, 5.74) is -6.98. The minimum Gasteiger partial charge on any atom is -0.453 e. The second-order valence-electron chi connectivity index (χ2n) is 14.5. The van der Waals surface area contributed by atoms with Crippen molar-refractivity contribution in [1.82, 2.24) is 10.2 Å². The molecule has 0 radical (unpaired) electrons. The number of carbonyl (C=O) groups excluding carboxylic acids is 2. The molecule has 54 heavy (non-hydrogen) atoms. The van der Waals surface area contributed by atoms with Gasteiger partial charge in [-0.15, -0.1) is 0 Å². The molecule has 0 aromatic heterocycles. The number of nitrogens with zero attached hydrogens (tertiary/aromatic N) is 2. The molecule has 2 unspecified atom stereocenters. The number of nitrogens with one attached hydrogen (secondary N) is 1. The maximum atomic E-state index is 16.3. The summed E-state index contributed by atoms with van der Waals surface area (Å²) in [6.45, 7) is 10.7. The molecule has 3 aromatic carbocycles. The Labute approximate surface area is 308 Å². The summed E-state index contributed by atoms with van der Waals surface area (Å²) in [6.07, 6.45) is 1.38. The highest BCUT2D eigenvalue weighted by atomic mass is 32.2. The maximum Gasteiger partial charge on any atom is 0.534 e. The smallest absolute Gasteiger partial charge is 0.453 e. The average Bonchev–Trinajstić information content (AvgIpc) is 3.40. The largest absolute Gasteiger partial charge is 0.534 e. The average molecular weight is 780 g/mol. The molecule has 4 aliphatic rings. The number of alkyl halides is 3. The van der Waals surface area contributed by atoms with Crippen LogP contribution in [0.5, 0.6) is 17.2 Å². The molecule has 1 amide bonds. The first kappa shape index (κ1) is 37.8. The first-order chi connectivity index (χ1) is 25.4. The summed E-state index contributed by atoms with van der Waals surface area (Å²) < 4.78 is 117. The Kier molecular flexibility index (Phi) is 9.58. The molecule has 4 aliphatic heterocycles. The van der Waals surface area contributed by atoms with Crippen LogP contribution in [-0.4, -0.2) is 82.2 Å². The fraction of sp³-hybridized carbons (Fsp3) is 0.459. The number of benzene rings is 3. The van der Waals surface area contributed by atoms with Crippen LogP contribution in [0.1, 0.15) is 78.6 Å². The predicted octanol–water partition coefficient (Wildman–Crippen LogP) is 6.08. The van der Waals surface area contributed by atoms with Gasteiger partial charge in [0, 0.05) is 67.6 Å². The van der Waals surface area contributed by atoms with Crippen molar-refractivity contribution in [2.24, 2.45) is 0 Å². The van der Waals surface area contributed by atoms with Crippen molar-refractivity contribution in [2.75, 3.05) is 50.8 Å². The highest BCUT2D eigenvalue weighted by Crippen LogP contribution is 2.60. The van der Waals surface area contributed by atoms with E-state index in [1.807, 2.05) is 20.8 Å². The zero-order chi connectivity index (χ0) is 38.8. The van der Waals surface area contributed by atoms with Gasteiger partial charge < -0.3 is 28.6 Å². The van der Waals surface area contributed by atoms with Gasteiger partial charge in [0.2, 0.25) is 17.5 Å². The van der Waals surface area contributed by atoms with E-state index in [9.17, 15) is 31.2 Å². The van der Waals surface area contributed by atoms with Crippen LogP contribution >= 0.6 is 0 Å². The third kappa shape index (κ3) is 6.42. The Morgan fingerprint density at radius 3 is 2.48 bits per heavy atom. The van der Waals surface area contributed by atoms with Crippen molar-refractivity contribution < 1.29 is 58.4 Å². The number of ether oxygens (including phenoxy) is 3. The van der Waals surface area contributed by atoms with Crippen molar-refractivity contribution in [2.45, 2.75) is 62.6 Å². The van der Waals surface area contributed by atoms with Crippen molar-refractivity contribution in [3.8, 4) is 17.2 Å². The minimum atomic E-state index is -6.49. The van der Waals surface area contributed by atoms with Crippen LogP contribution in [0.4, 0.5) is 27.6 Å². The lowest BCUT2D eigenvalue weighted by Gasteiger charge is -2.48. The van der Waals surface area contributed by atoms with Crippen molar-refractivity contribution in [1.29, 1.82) is 0 Å². The topological polar surface area (TPSA) is 124 Å². The third-order valence-corrected chi connectivity index (χ3v) is 11.4. The standard InChI is InChI=1S/C37H38F5N3O8S/c1-21-20-35(2,3)45(11-6-9-30(46)43-10-12-44-13-15-50-16-14-44)28-19-29-25(17-23(21)28)36(24-8-5-4-7-22(24)34(47)52-36)26-18-27(38)33(31(39)32(26)51-29)53-54(48,49)37(40,41)42/h4-5,7-8,17-19,21H,6,9-16,20H2,1-3H3,(H,43,46). The Morgan fingerprint density at radius 1 is 1.04 bits per heavy atom. The number of amides is 1. The number of fused-ring (bicyclic) bond motifs is 7. The first-order valence-electron chi connectivity index (χ1n) is 17.5. The molecule has 1 spiro atoms. The molecule has 0 bridgehead atoms. The number of esters is 1. The van der Waals surface area contributed by atoms with Crippen molar-refractivity contribution in [3.05, 3.63) is 81.9 Å². The summed E-state index contributed by atoms with van der Waals surface area (Å²) in [5, 5.41) is 2.97. The summed E-state index contributed by atoms with van der Waals surface area (Å²) in [5.74, 6) is -7.51. The van der Waals surface area contributed by atoms with Gasteiger partial charge in [-0.25, -0.2) is 9.18 Å². The molecule has 7 rings (SSSR count). The highest BCUT2D eigenvalue weighted by Gasteiger charge is 2.56. The SMILES string of the molecule is CC1CC(C)(C)N(CCCC(=O)NCCN2CCOCC2)c2cc3c(cc21)C1(OC(=O)c2ccccc21)c1cc(F)c(OS(=O)(=O)C(F)(F)F)c(F)c1O3. The summed E-state index contributed by atoms with van der Waals surface area (Å²) >= 11 is 0. The monoisotopic (exact) mass is 779 g/mol. The Bertz CT molecular complexity index is 2120. The summed E-state index contributed by atoms with van der Waals surface area (Å²) in [4.78, 5) is 30.5. The van der Waals surface area contributed by atoms with Crippen molar-refractivity contribution >= 4 is 27.7 Å². The van der Waals surface area contributed by atoms with E-state index in [4.69, 9.17) is 14.2 Å². The first-order valence-corrected chi connectivity index (χ1v) is 18.9. The molecular weight excluding hydrogens is 741 g/mol. The van der Waals surface area contributed by atoms with E-state index in [-0.39, 0.29) is 40.7 Å². The van der Waals surface area contributed by atoms with Crippen LogP contribution < -0.4 is 19.1 Å². The van der Waals surface area contributed by atoms with Gasteiger partial charge >= 0.3 is 21.6 Å². The van der Waals surface area contributed by atoms with E-state index in [0.29, 0.717) is 57.4 Å². The molecule has 3 aromatic rings. The predicted molar refractivity (Wildman–Crippen MR) is 184 cm³/mol. The second-order valence-corrected chi connectivity index (χ2v) is 16.0. The quantitative estimate of drug-likeness (QED) is 0.118. The van der Waals surface area contributed by atoms with Crippen molar-refractivity contribution in [3.63, 3.8) is 0 Å². The van der Waals surface area contributed by atoms with E-state index >= 15 is 8.78 Å². The van der Waals surface area contributed by atoms with E-state index in [0.717, 1.165) is 18.7 Å². The van der Waals surface area contributed by atoms with E-state index < -0.39 is 61.4 Å². The Balaban J connectivity index is 1.26. The zero-order valence-corrected chi connectivity index (χ0v) is 30.5. The van der Waals surface area contributed by atoms with Crippen LogP contribution in [0.2, 0.25) is 0 Å². The van der Waals surface area contributed by atoms with Crippen LogP contribution in [0.3, 0.4) is 0 Å². The number of carbonyl (C=O) groups is 2. The van der Waals surface area contributed by atoms with Crippen LogP contribution in [-0.2, 0) is 30.0 Å². The van der Waals surface area contributed by atoms with Crippen LogP contribution in [0, 0.1) is 11.6 Å². The highest BCUT2D eigenvalue weighted by molar-refractivity contribution is 7.88. The van der Waals surface area contributed by atoms with Gasteiger partial charge in [-0.3, -0.25) is 9.69 Å². The zero-order valence-electron chi connectivity index (χ0n) is 29.6. The number of hydrogen-bond donors (Lipinski definition) is 1. The molecular formula is C37H38F5N3O8S. The van der Waals surface area contributed by atoms with Gasteiger partial charge in [-0.2, -0.15) is 26.0 Å². The van der Waals surface area contributed by atoms with Gasteiger partial charge in [-0.1, -0.05) is 25.1 Å². The number of halogens is 5. The van der Waals surface area contributed by atoms with Gasteiger partial charge in [0.25, 0.3) is 0 Å². The van der Waals surface area contributed by atoms with Gasteiger partial charge in [0.1, 0.15) is 5.75 Å². The molecule has 1 saturated heterocycles. The van der Waals surface area contributed by atoms with Crippen LogP contribution in [0.15, 0.2) is 42.5 Å². The Hall–Kier alpha value is -4.48. The minimum absolute atomic E-state index is 0.0726. The normalized spacial score (nSPS) is 21.7. The molecule has 0 aliphatic carbocycles. The molecule has 17 heteroatoms. The molecule has 11 nitrogen and oxygen atoms in total. The fourth-order valence-electron chi connectivity index (χ4n) is 8.01. The molecule has 0 saturated carbocycles.